The SMILES string of the molecule is O=C(COC(=O)C(Cc1ccccc1)NC(=O)c1ccco1)c1ccc(Br)cc1. The number of esters is 1. The Morgan fingerprint density at radius 1 is 0.966 bits per heavy atom. The Bertz CT molecular complexity index is 968. The van der Waals surface area contributed by atoms with Gasteiger partial charge in [0.1, 0.15) is 6.04 Å². The Morgan fingerprint density at radius 2 is 1.69 bits per heavy atom. The van der Waals surface area contributed by atoms with Gasteiger partial charge in [-0.1, -0.05) is 58.4 Å². The van der Waals surface area contributed by atoms with E-state index in [-0.39, 0.29) is 18.0 Å². The molecule has 1 N–H and O–H groups in total. The lowest BCUT2D eigenvalue weighted by atomic mass is 10.1. The van der Waals surface area contributed by atoms with Crippen LogP contribution in [0, 0.1) is 0 Å². The number of carbonyl (C=O) groups is 3. The Labute approximate surface area is 176 Å². The van der Waals surface area contributed by atoms with Gasteiger partial charge in [-0.15, -0.1) is 0 Å². The molecule has 0 aliphatic carbocycles. The molecular formula is C22H18BrNO5. The lowest BCUT2D eigenvalue weighted by Crippen LogP contribution is -2.43. The third-order valence-electron chi connectivity index (χ3n) is 4.13. The monoisotopic (exact) mass is 455 g/mol. The van der Waals surface area contributed by atoms with Gasteiger partial charge in [0.05, 0.1) is 6.26 Å². The highest BCUT2D eigenvalue weighted by atomic mass is 79.9. The van der Waals surface area contributed by atoms with Gasteiger partial charge in [0.25, 0.3) is 5.91 Å². The van der Waals surface area contributed by atoms with Crippen molar-refractivity contribution in [3.8, 4) is 0 Å². The molecule has 0 bridgehead atoms. The van der Waals surface area contributed by atoms with Crippen molar-refractivity contribution in [3.05, 3.63) is 94.4 Å². The Morgan fingerprint density at radius 3 is 2.34 bits per heavy atom. The van der Waals surface area contributed by atoms with E-state index < -0.39 is 24.5 Å². The van der Waals surface area contributed by atoms with E-state index in [9.17, 15) is 14.4 Å². The topological polar surface area (TPSA) is 85.6 Å². The molecule has 7 heteroatoms. The van der Waals surface area contributed by atoms with Crippen molar-refractivity contribution in [1.82, 2.24) is 5.32 Å². The van der Waals surface area contributed by atoms with Crippen LogP contribution in [0.3, 0.4) is 0 Å². The van der Waals surface area contributed by atoms with E-state index in [4.69, 9.17) is 9.15 Å². The normalized spacial score (nSPS) is 11.5. The molecule has 148 valence electrons. The molecule has 0 spiro atoms. The lowest BCUT2D eigenvalue weighted by Gasteiger charge is -2.17. The summed E-state index contributed by atoms with van der Waals surface area (Å²) < 4.78 is 11.1. The summed E-state index contributed by atoms with van der Waals surface area (Å²) in [6.45, 7) is -0.414. The van der Waals surface area contributed by atoms with Crippen molar-refractivity contribution in [2.24, 2.45) is 0 Å². The van der Waals surface area contributed by atoms with E-state index in [1.54, 1.807) is 30.3 Å². The smallest absolute Gasteiger partial charge is 0.329 e. The number of hydrogen-bond acceptors (Lipinski definition) is 5. The van der Waals surface area contributed by atoms with Gasteiger partial charge in [-0.25, -0.2) is 4.79 Å². The highest BCUT2D eigenvalue weighted by molar-refractivity contribution is 9.10. The Balaban J connectivity index is 1.66. The molecule has 1 aromatic heterocycles. The second-order valence-electron chi connectivity index (χ2n) is 6.23. The zero-order chi connectivity index (χ0) is 20.6. The summed E-state index contributed by atoms with van der Waals surface area (Å²) in [6.07, 6.45) is 1.59. The summed E-state index contributed by atoms with van der Waals surface area (Å²) in [4.78, 5) is 37.2. The van der Waals surface area contributed by atoms with Crippen LogP contribution in [0.5, 0.6) is 0 Å². The number of ether oxygens (including phenoxy) is 1. The minimum absolute atomic E-state index is 0.0850. The van der Waals surface area contributed by atoms with Gasteiger partial charge in [0.2, 0.25) is 0 Å². The minimum Gasteiger partial charge on any atom is -0.459 e. The van der Waals surface area contributed by atoms with Gasteiger partial charge in [-0.05, 0) is 29.8 Å². The summed E-state index contributed by atoms with van der Waals surface area (Å²) in [5, 5.41) is 2.61. The second kappa shape index (κ2) is 9.84. The average molecular weight is 456 g/mol. The highest BCUT2D eigenvalue weighted by Crippen LogP contribution is 2.12. The molecule has 3 aromatic rings. The summed E-state index contributed by atoms with van der Waals surface area (Å²) in [6, 6.07) is 18.1. The van der Waals surface area contributed by atoms with Gasteiger partial charge in [0.15, 0.2) is 18.2 Å². The molecule has 0 saturated heterocycles. The van der Waals surface area contributed by atoms with Crippen LogP contribution < -0.4 is 5.32 Å². The van der Waals surface area contributed by atoms with E-state index >= 15 is 0 Å². The number of furan rings is 1. The van der Waals surface area contributed by atoms with Gasteiger partial charge >= 0.3 is 5.97 Å². The zero-order valence-corrected chi connectivity index (χ0v) is 16.9. The fourth-order valence-electron chi connectivity index (χ4n) is 2.64. The molecule has 1 atom stereocenters. The molecule has 0 radical (unpaired) electrons. The number of rotatable bonds is 8. The lowest BCUT2D eigenvalue weighted by molar-refractivity contribution is -0.144. The number of Topliss-reactive ketones (excluding diaryl/α,β-unsaturated/α-hetero) is 1. The van der Waals surface area contributed by atoms with Crippen molar-refractivity contribution < 1.29 is 23.5 Å². The third-order valence-corrected chi connectivity index (χ3v) is 4.66. The van der Waals surface area contributed by atoms with Crippen molar-refractivity contribution in [1.29, 1.82) is 0 Å². The highest BCUT2D eigenvalue weighted by Gasteiger charge is 2.25. The quantitative estimate of drug-likeness (QED) is 0.412. The maximum absolute atomic E-state index is 12.6. The third kappa shape index (κ3) is 5.89. The standard InChI is InChI=1S/C22H18BrNO5/c23-17-10-8-16(9-11-17)19(25)14-29-22(27)18(13-15-5-2-1-3-6-15)24-21(26)20-7-4-12-28-20/h1-12,18H,13-14H2,(H,24,26). The predicted octanol–water partition coefficient (Wildman–Crippen LogP) is 3.81. The first-order valence-electron chi connectivity index (χ1n) is 8.86. The largest absolute Gasteiger partial charge is 0.459 e. The fourth-order valence-corrected chi connectivity index (χ4v) is 2.90. The maximum atomic E-state index is 12.6. The molecule has 0 fully saturated rings. The number of carbonyl (C=O) groups excluding carboxylic acids is 3. The molecule has 2 aromatic carbocycles. The van der Waals surface area contributed by atoms with E-state index in [0.29, 0.717) is 5.56 Å². The summed E-state index contributed by atoms with van der Waals surface area (Å²) >= 11 is 3.30. The van der Waals surface area contributed by atoms with Crippen molar-refractivity contribution in [3.63, 3.8) is 0 Å². The van der Waals surface area contributed by atoms with Crippen LogP contribution in [-0.4, -0.2) is 30.3 Å². The van der Waals surface area contributed by atoms with E-state index in [0.717, 1.165) is 10.0 Å². The molecule has 0 saturated carbocycles. The van der Waals surface area contributed by atoms with Crippen LogP contribution in [0.1, 0.15) is 26.5 Å². The van der Waals surface area contributed by atoms with Gasteiger partial charge < -0.3 is 14.5 Å². The first kappa shape index (κ1) is 20.5. The number of benzene rings is 2. The van der Waals surface area contributed by atoms with E-state index in [2.05, 4.69) is 21.2 Å². The van der Waals surface area contributed by atoms with E-state index in [1.807, 2.05) is 30.3 Å². The molecule has 3 rings (SSSR count). The summed E-state index contributed by atoms with van der Waals surface area (Å²) in [7, 11) is 0. The molecule has 6 nitrogen and oxygen atoms in total. The number of halogens is 1. The first-order chi connectivity index (χ1) is 14.0. The first-order valence-corrected chi connectivity index (χ1v) is 9.66. The Hall–Kier alpha value is -3.19. The summed E-state index contributed by atoms with van der Waals surface area (Å²) in [5.41, 5.74) is 1.27. The van der Waals surface area contributed by atoms with Gasteiger partial charge in [-0.2, -0.15) is 0 Å². The van der Waals surface area contributed by atoms with Gasteiger partial charge in [0, 0.05) is 16.5 Å². The second-order valence-corrected chi connectivity index (χ2v) is 7.15. The fraction of sp³-hybridized carbons (Fsp3) is 0.136. The summed E-state index contributed by atoms with van der Waals surface area (Å²) in [5.74, 6) is -1.48. The van der Waals surface area contributed by atoms with E-state index in [1.165, 1.54) is 12.3 Å². The van der Waals surface area contributed by atoms with Crippen molar-refractivity contribution in [2.75, 3.05) is 6.61 Å². The molecule has 0 aliphatic rings. The minimum atomic E-state index is -0.965. The van der Waals surface area contributed by atoms with Crippen LogP contribution in [0.2, 0.25) is 0 Å². The molecule has 0 aliphatic heterocycles. The van der Waals surface area contributed by atoms with Crippen molar-refractivity contribution >= 4 is 33.6 Å². The number of ketones is 1. The molecule has 1 heterocycles. The van der Waals surface area contributed by atoms with Crippen LogP contribution in [-0.2, 0) is 16.0 Å². The maximum Gasteiger partial charge on any atom is 0.329 e. The molecule has 1 amide bonds. The molecule has 1 unspecified atom stereocenters. The van der Waals surface area contributed by atoms with Crippen molar-refractivity contribution in [2.45, 2.75) is 12.5 Å². The van der Waals surface area contributed by atoms with Crippen LogP contribution >= 0.6 is 15.9 Å². The number of hydrogen-bond donors (Lipinski definition) is 1. The predicted molar refractivity (Wildman–Crippen MR) is 110 cm³/mol. The Kier molecular flexibility index (Phi) is 6.97. The molecular weight excluding hydrogens is 438 g/mol. The zero-order valence-electron chi connectivity index (χ0n) is 15.3. The van der Waals surface area contributed by atoms with Gasteiger partial charge in [-0.3, -0.25) is 9.59 Å². The number of amides is 1. The average Bonchev–Trinajstić information content (AvgIpc) is 3.27. The van der Waals surface area contributed by atoms with Crippen LogP contribution in [0.15, 0.2) is 81.9 Å². The molecule has 29 heavy (non-hydrogen) atoms. The number of nitrogens with one attached hydrogen (secondary N) is 1. The van der Waals surface area contributed by atoms with Crippen LogP contribution in [0.4, 0.5) is 0 Å². The van der Waals surface area contributed by atoms with Crippen LogP contribution in [0.25, 0.3) is 0 Å².